The van der Waals surface area contributed by atoms with Crippen LogP contribution in [-0.2, 0) is 4.74 Å². The van der Waals surface area contributed by atoms with Crippen LogP contribution in [0.15, 0.2) is 18.2 Å². The molecule has 5 heteroatoms. The molecular formula is C12H13ClN2O2. The zero-order chi connectivity index (χ0) is 12.8. The van der Waals surface area contributed by atoms with Crippen molar-refractivity contribution in [1.82, 2.24) is 0 Å². The lowest BCUT2D eigenvalue weighted by Crippen LogP contribution is -2.16. The van der Waals surface area contributed by atoms with Crippen molar-refractivity contribution in [3.05, 3.63) is 28.8 Å². The molecule has 0 bridgehead atoms. The fourth-order valence-electron chi connectivity index (χ4n) is 1.07. The molecule has 1 N–H and O–H groups in total. The largest absolute Gasteiger partial charge is 0.449 e. The maximum Gasteiger partial charge on any atom is 0.411 e. The van der Waals surface area contributed by atoms with E-state index in [1.165, 1.54) is 6.07 Å². The second-order valence-corrected chi connectivity index (χ2v) is 4.33. The predicted molar refractivity (Wildman–Crippen MR) is 66.0 cm³/mol. The molecule has 0 radical (unpaired) electrons. The quantitative estimate of drug-likeness (QED) is 0.897. The first-order valence-electron chi connectivity index (χ1n) is 5.16. The summed E-state index contributed by atoms with van der Waals surface area (Å²) in [6, 6.07) is 6.59. The van der Waals surface area contributed by atoms with Crippen molar-refractivity contribution >= 4 is 23.4 Å². The molecule has 0 saturated carbocycles. The molecule has 0 saturated heterocycles. The highest BCUT2D eigenvalue weighted by molar-refractivity contribution is 6.33. The van der Waals surface area contributed by atoms with Gasteiger partial charge in [0.15, 0.2) is 0 Å². The van der Waals surface area contributed by atoms with E-state index >= 15 is 0 Å². The van der Waals surface area contributed by atoms with Gasteiger partial charge in [0, 0.05) is 0 Å². The van der Waals surface area contributed by atoms with Gasteiger partial charge in [0.05, 0.1) is 28.9 Å². The SMILES string of the molecule is CC(C)COC(=O)Nc1ccc(C#N)cc1Cl. The maximum atomic E-state index is 11.4. The Hall–Kier alpha value is -1.73. The van der Waals surface area contributed by atoms with Gasteiger partial charge in [-0.1, -0.05) is 25.4 Å². The van der Waals surface area contributed by atoms with Crippen molar-refractivity contribution < 1.29 is 9.53 Å². The van der Waals surface area contributed by atoms with Crippen molar-refractivity contribution in [3.63, 3.8) is 0 Å². The van der Waals surface area contributed by atoms with Crippen LogP contribution >= 0.6 is 11.6 Å². The Bertz CT molecular complexity index is 452. The third-order valence-corrected chi connectivity index (χ3v) is 2.20. The number of anilines is 1. The Morgan fingerprint density at radius 2 is 2.29 bits per heavy atom. The highest BCUT2D eigenvalue weighted by atomic mass is 35.5. The van der Waals surface area contributed by atoms with Crippen LogP contribution in [-0.4, -0.2) is 12.7 Å². The number of carbonyl (C=O) groups is 1. The van der Waals surface area contributed by atoms with Crippen molar-refractivity contribution in [2.75, 3.05) is 11.9 Å². The number of nitriles is 1. The molecule has 17 heavy (non-hydrogen) atoms. The summed E-state index contributed by atoms with van der Waals surface area (Å²) in [5.41, 5.74) is 0.871. The molecule has 0 aliphatic carbocycles. The third kappa shape index (κ3) is 4.33. The van der Waals surface area contributed by atoms with Crippen LogP contribution in [0.4, 0.5) is 10.5 Å². The zero-order valence-corrected chi connectivity index (χ0v) is 10.4. The zero-order valence-electron chi connectivity index (χ0n) is 9.66. The standard InChI is InChI=1S/C12H13ClN2O2/c1-8(2)7-17-12(16)15-11-4-3-9(6-14)5-10(11)13/h3-5,8H,7H2,1-2H3,(H,15,16). The Labute approximate surface area is 105 Å². The van der Waals surface area contributed by atoms with Gasteiger partial charge in [-0.25, -0.2) is 4.79 Å². The molecule has 1 aromatic carbocycles. The lowest BCUT2D eigenvalue weighted by atomic mass is 10.2. The Morgan fingerprint density at radius 1 is 1.59 bits per heavy atom. The molecule has 1 rings (SSSR count). The number of nitrogens with zero attached hydrogens (tertiary/aromatic N) is 1. The third-order valence-electron chi connectivity index (χ3n) is 1.88. The Morgan fingerprint density at radius 3 is 2.82 bits per heavy atom. The molecule has 90 valence electrons. The van der Waals surface area contributed by atoms with Crippen LogP contribution in [0, 0.1) is 17.2 Å². The molecule has 0 fully saturated rings. The van der Waals surface area contributed by atoms with Gasteiger partial charge in [0.2, 0.25) is 0 Å². The number of hydrogen-bond donors (Lipinski definition) is 1. The lowest BCUT2D eigenvalue weighted by molar-refractivity contribution is 0.147. The first-order valence-corrected chi connectivity index (χ1v) is 5.54. The van der Waals surface area contributed by atoms with Crippen LogP contribution in [0.1, 0.15) is 19.4 Å². The van der Waals surface area contributed by atoms with Crippen LogP contribution in [0.2, 0.25) is 5.02 Å². The van der Waals surface area contributed by atoms with Crippen LogP contribution in [0.3, 0.4) is 0 Å². The minimum atomic E-state index is -0.551. The van der Waals surface area contributed by atoms with Gasteiger partial charge in [0.1, 0.15) is 0 Å². The number of benzene rings is 1. The number of carbonyl (C=O) groups excluding carboxylic acids is 1. The predicted octanol–water partition coefficient (Wildman–Crippen LogP) is 3.42. The van der Waals surface area contributed by atoms with Crippen molar-refractivity contribution in [1.29, 1.82) is 5.26 Å². The minimum Gasteiger partial charge on any atom is -0.449 e. The molecule has 0 heterocycles. The van der Waals surface area contributed by atoms with Gasteiger partial charge in [-0.05, 0) is 24.1 Å². The monoisotopic (exact) mass is 252 g/mol. The van der Waals surface area contributed by atoms with E-state index in [1.54, 1.807) is 12.1 Å². The number of ether oxygens (including phenoxy) is 1. The maximum absolute atomic E-state index is 11.4. The number of nitrogens with one attached hydrogen (secondary N) is 1. The molecule has 0 aliphatic rings. The van der Waals surface area contributed by atoms with Crippen LogP contribution in [0.25, 0.3) is 0 Å². The van der Waals surface area contributed by atoms with Gasteiger partial charge in [-0.15, -0.1) is 0 Å². The van der Waals surface area contributed by atoms with E-state index in [0.29, 0.717) is 22.9 Å². The number of rotatable bonds is 3. The second-order valence-electron chi connectivity index (χ2n) is 3.92. The fraction of sp³-hybridized carbons (Fsp3) is 0.333. The summed E-state index contributed by atoms with van der Waals surface area (Å²) < 4.78 is 4.95. The lowest BCUT2D eigenvalue weighted by Gasteiger charge is -2.09. The molecule has 1 amide bonds. The first-order chi connectivity index (χ1) is 8.02. The summed E-state index contributed by atoms with van der Waals surface area (Å²) in [5.74, 6) is 0.275. The summed E-state index contributed by atoms with van der Waals surface area (Å²) in [6.45, 7) is 4.24. The highest BCUT2D eigenvalue weighted by Crippen LogP contribution is 2.22. The van der Waals surface area contributed by atoms with E-state index in [-0.39, 0.29) is 5.92 Å². The molecule has 1 aromatic rings. The van der Waals surface area contributed by atoms with Gasteiger partial charge < -0.3 is 4.74 Å². The smallest absolute Gasteiger partial charge is 0.411 e. The average Bonchev–Trinajstić information content (AvgIpc) is 2.29. The minimum absolute atomic E-state index is 0.275. The normalized spacial score (nSPS) is 9.82. The van der Waals surface area contributed by atoms with Crippen LogP contribution < -0.4 is 5.32 Å². The summed E-state index contributed by atoms with van der Waals surface area (Å²) in [6.07, 6.45) is -0.551. The van der Waals surface area contributed by atoms with E-state index in [9.17, 15) is 4.79 Å². The molecular weight excluding hydrogens is 240 g/mol. The summed E-state index contributed by atoms with van der Waals surface area (Å²) in [5, 5.41) is 11.5. The van der Waals surface area contributed by atoms with Crippen molar-refractivity contribution in [3.8, 4) is 6.07 Å². The van der Waals surface area contributed by atoms with Gasteiger partial charge in [0.25, 0.3) is 0 Å². The van der Waals surface area contributed by atoms with E-state index < -0.39 is 6.09 Å². The summed E-state index contributed by atoms with van der Waals surface area (Å²) in [7, 11) is 0. The molecule has 0 aliphatic heterocycles. The van der Waals surface area contributed by atoms with Crippen molar-refractivity contribution in [2.45, 2.75) is 13.8 Å². The second kappa shape index (κ2) is 6.12. The molecule has 0 atom stereocenters. The molecule has 0 aromatic heterocycles. The van der Waals surface area contributed by atoms with Gasteiger partial charge >= 0.3 is 6.09 Å². The summed E-state index contributed by atoms with van der Waals surface area (Å²) in [4.78, 5) is 11.4. The Balaban J connectivity index is 2.63. The van der Waals surface area contributed by atoms with E-state index in [1.807, 2.05) is 19.9 Å². The van der Waals surface area contributed by atoms with E-state index in [4.69, 9.17) is 21.6 Å². The number of halogens is 1. The van der Waals surface area contributed by atoms with Gasteiger partial charge in [-0.2, -0.15) is 5.26 Å². The van der Waals surface area contributed by atoms with Crippen molar-refractivity contribution in [2.24, 2.45) is 5.92 Å². The Kier molecular flexibility index (Phi) is 4.80. The fourth-order valence-corrected chi connectivity index (χ4v) is 1.30. The van der Waals surface area contributed by atoms with Crippen LogP contribution in [0.5, 0.6) is 0 Å². The number of hydrogen-bond acceptors (Lipinski definition) is 3. The average molecular weight is 253 g/mol. The van der Waals surface area contributed by atoms with E-state index in [0.717, 1.165) is 0 Å². The first kappa shape index (κ1) is 13.3. The highest BCUT2D eigenvalue weighted by Gasteiger charge is 2.08. The van der Waals surface area contributed by atoms with Gasteiger partial charge in [-0.3, -0.25) is 5.32 Å². The molecule has 0 unspecified atom stereocenters. The van der Waals surface area contributed by atoms with E-state index in [2.05, 4.69) is 5.32 Å². The number of amides is 1. The topological polar surface area (TPSA) is 62.1 Å². The molecule has 0 spiro atoms. The molecule has 4 nitrogen and oxygen atoms in total. The summed E-state index contributed by atoms with van der Waals surface area (Å²) >= 11 is 5.89.